The summed E-state index contributed by atoms with van der Waals surface area (Å²) >= 11 is 3.24. The largest absolute Gasteiger partial charge is 0.472 e. The smallest absolute Gasteiger partial charge is 0.317 e. The van der Waals surface area contributed by atoms with Crippen LogP contribution in [0.4, 0.5) is 13.6 Å². The van der Waals surface area contributed by atoms with E-state index in [1.54, 1.807) is 11.8 Å². The van der Waals surface area contributed by atoms with Crippen LogP contribution in [0.25, 0.3) is 0 Å². The molecule has 1 saturated heterocycles. The molecule has 36 heavy (non-hydrogen) atoms. The maximum Gasteiger partial charge on any atom is 0.317 e. The average Bonchev–Trinajstić information content (AvgIpc) is 2.88. The molecule has 2 aromatic carbocycles. The molecule has 4 rings (SSSR count). The summed E-state index contributed by atoms with van der Waals surface area (Å²) in [6.45, 7) is 5.15. The highest BCUT2D eigenvalue weighted by Crippen LogP contribution is 2.21. The molecule has 0 bridgehead atoms. The fourth-order valence-corrected chi connectivity index (χ4v) is 4.20. The lowest BCUT2D eigenvalue weighted by Crippen LogP contribution is -2.50. The third-order valence-electron chi connectivity index (χ3n) is 5.87. The maximum absolute atomic E-state index is 13.9. The number of ether oxygens (including phenoxy) is 1. The van der Waals surface area contributed by atoms with Gasteiger partial charge in [0.25, 0.3) is 5.56 Å². The third kappa shape index (κ3) is 6.27. The number of nitrogens with one attached hydrogen (secondary N) is 2. The van der Waals surface area contributed by atoms with Gasteiger partial charge < -0.3 is 20.3 Å². The van der Waals surface area contributed by atoms with Crippen molar-refractivity contribution >= 4 is 22.0 Å². The van der Waals surface area contributed by atoms with Gasteiger partial charge in [0.1, 0.15) is 28.5 Å². The van der Waals surface area contributed by atoms with Crippen molar-refractivity contribution in [2.45, 2.75) is 26.6 Å². The van der Waals surface area contributed by atoms with Crippen LogP contribution in [0.5, 0.6) is 5.88 Å². The van der Waals surface area contributed by atoms with Gasteiger partial charge in [0, 0.05) is 44.4 Å². The molecule has 0 spiro atoms. The number of piperazine rings is 1. The van der Waals surface area contributed by atoms with Crippen molar-refractivity contribution in [2.75, 3.05) is 26.2 Å². The first-order chi connectivity index (χ1) is 17.3. The number of hydrogen-bond acceptors (Lipinski definition) is 5. The van der Waals surface area contributed by atoms with E-state index in [0.717, 1.165) is 36.3 Å². The first-order valence-electron chi connectivity index (χ1n) is 11.5. The van der Waals surface area contributed by atoms with E-state index in [9.17, 15) is 18.4 Å². The standard InChI is InChI=1S/C25H26BrF2N5O3/c1-16-31-23(36-15-19-6-7-20(27)12-21(19)28)22(26)24(34)33(16)14-18-4-2-17(3-5-18)13-30-25(35)32-10-8-29-9-11-32/h2-7,12,29H,8-11,13-15H2,1H3,(H,30,35). The van der Waals surface area contributed by atoms with E-state index in [2.05, 4.69) is 31.5 Å². The molecule has 8 nitrogen and oxygen atoms in total. The van der Waals surface area contributed by atoms with Gasteiger partial charge in [0.2, 0.25) is 5.88 Å². The number of halogens is 3. The average molecular weight is 562 g/mol. The highest BCUT2D eigenvalue weighted by molar-refractivity contribution is 9.10. The molecule has 0 unspecified atom stereocenters. The van der Waals surface area contributed by atoms with Crippen LogP contribution in [0.2, 0.25) is 0 Å². The van der Waals surface area contributed by atoms with Crippen LogP contribution < -0.4 is 20.9 Å². The second kappa shape index (κ2) is 11.6. The van der Waals surface area contributed by atoms with Gasteiger partial charge in [-0.3, -0.25) is 9.36 Å². The number of benzene rings is 2. The molecule has 2 N–H and O–H groups in total. The van der Waals surface area contributed by atoms with E-state index in [0.29, 0.717) is 25.5 Å². The van der Waals surface area contributed by atoms with E-state index in [-0.39, 0.29) is 40.7 Å². The highest BCUT2D eigenvalue weighted by Gasteiger charge is 2.17. The molecular weight excluding hydrogens is 536 g/mol. The molecule has 0 saturated carbocycles. The summed E-state index contributed by atoms with van der Waals surface area (Å²) in [6.07, 6.45) is 0. The van der Waals surface area contributed by atoms with Gasteiger partial charge >= 0.3 is 6.03 Å². The van der Waals surface area contributed by atoms with E-state index in [1.807, 2.05) is 24.3 Å². The van der Waals surface area contributed by atoms with Gasteiger partial charge in [-0.15, -0.1) is 0 Å². The Kier molecular flexibility index (Phi) is 8.32. The van der Waals surface area contributed by atoms with Crippen LogP contribution in [0, 0.1) is 18.6 Å². The Morgan fingerprint density at radius 1 is 1.14 bits per heavy atom. The predicted octanol–water partition coefficient (Wildman–Crippen LogP) is 3.33. The number of urea groups is 1. The monoisotopic (exact) mass is 561 g/mol. The Balaban J connectivity index is 1.38. The normalized spacial score (nSPS) is 13.5. The first kappa shape index (κ1) is 25.8. The molecule has 190 valence electrons. The number of hydrogen-bond donors (Lipinski definition) is 2. The molecule has 0 radical (unpaired) electrons. The molecule has 1 aliphatic rings. The number of rotatable bonds is 7. The molecule has 1 aromatic heterocycles. The van der Waals surface area contributed by atoms with Gasteiger partial charge in [0.05, 0.1) is 6.54 Å². The topological polar surface area (TPSA) is 88.5 Å². The van der Waals surface area contributed by atoms with Crippen LogP contribution in [0.1, 0.15) is 22.5 Å². The quantitative estimate of drug-likeness (QED) is 0.462. The van der Waals surface area contributed by atoms with Gasteiger partial charge in [-0.2, -0.15) is 4.98 Å². The molecule has 11 heteroatoms. The van der Waals surface area contributed by atoms with Crippen molar-refractivity contribution < 1.29 is 18.3 Å². The van der Waals surface area contributed by atoms with Crippen molar-refractivity contribution in [2.24, 2.45) is 0 Å². The van der Waals surface area contributed by atoms with Crippen molar-refractivity contribution in [1.29, 1.82) is 0 Å². The van der Waals surface area contributed by atoms with E-state index < -0.39 is 11.6 Å². The summed E-state index contributed by atoms with van der Waals surface area (Å²) in [5.74, 6) is -0.955. The summed E-state index contributed by atoms with van der Waals surface area (Å²) < 4.78 is 34.1. The van der Waals surface area contributed by atoms with Crippen LogP contribution in [-0.2, 0) is 19.7 Å². The van der Waals surface area contributed by atoms with E-state index >= 15 is 0 Å². The minimum Gasteiger partial charge on any atom is -0.472 e. The van der Waals surface area contributed by atoms with Crippen LogP contribution in [0.3, 0.4) is 0 Å². The molecule has 0 aliphatic carbocycles. The van der Waals surface area contributed by atoms with Crippen molar-refractivity contribution in [1.82, 2.24) is 25.1 Å². The minimum absolute atomic E-state index is 0.0352. The summed E-state index contributed by atoms with van der Waals surface area (Å²) in [4.78, 5) is 31.3. The third-order valence-corrected chi connectivity index (χ3v) is 6.54. The molecule has 2 amide bonds. The first-order valence-corrected chi connectivity index (χ1v) is 12.3. The number of aryl methyl sites for hydroxylation is 1. The maximum atomic E-state index is 13.9. The molecule has 1 fully saturated rings. The van der Waals surface area contributed by atoms with Crippen LogP contribution in [0.15, 0.2) is 51.7 Å². The van der Waals surface area contributed by atoms with Crippen molar-refractivity contribution in [3.8, 4) is 5.88 Å². The number of amides is 2. The summed E-state index contributed by atoms with van der Waals surface area (Å²) in [6, 6.07) is 10.7. The van der Waals surface area contributed by atoms with Gasteiger partial charge in [0.15, 0.2) is 0 Å². The number of aromatic nitrogens is 2. The molecule has 3 aromatic rings. The van der Waals surface area contributed by atoms with E-state index in [4.69, 9.17) is 4.74 Å². The van der Waals surface area contributed by atoms with Gasteiger partial charge in [-0.1, -0.05) is 24.3 Å². The molecule has 2 heterocycles. The number of carbonyl (C=O) groups excluding carboxylic acids is 1. The lowest BCUT2D eigenvalue weighted by molar-refractivity contribution is 0.190. The lowest BCUT2D eigenvalue weighted by atomic mass is 10.1. The van der Waals surface area contributed by atoms with Gasteiger partial charge in [-0.05, 0) is 46.1 Å². The van der Waals surface area contributed by atoms with Crippen LogP contribution in [-0.4, -0.2) is 46.7 Å². The second-order valence-electron chi connectivity index (χ2n) is 8.41. The molecular formula is C25H26BrF2N5O3. The van der Waals surface area contributed by atoms with E-state index in [1.165, 1.54) is 10.6 Å². The Morgan fingerprint density at radius 2 is 1.83 bits per heavy atom. The summed E-state index contributed by atoms with van der Waals surface area (Å²) in [5, 5.41) is 6.15. The lowest BCUT2D eigenvalue weighted by Gasteiger charge is -2.27. The highest BCUT2D eigenvalue weighted by atomic mass is 79.9. The summed E-state index contributed by atoms with van der Waals surface area (Å²) in [7, 11) is 0. The zero-order valence-electron chi connectivity index (χ0n) is 19.7. The number of nitrogens with zero attached hydrogens (tertiary/aromatic N) is 3. The zero-order chi connectivity index (χ0) is 25.7. The Labute approximate surface area is 215 Å². The zero-order valence-corrected chi connectivity index (χ0v) is 21.3. The predicted molar refractivity (Wildman–Crippen MR) is 134 cm³/mol. The number of carbonyl (C=O) groups is 1. The fraction of sp³-hybridized carbons (Fsp3) is 0.320. The van der Waals surface area contributed by atoms with Crippen molar-refractivity contribution in [3.63, 3.8) is 0 Å². The SMILES string of the molecule is Cc1nc(OCc2ccc(F)cc2F)c(Br)c(=O)n1Cc1ccc(CNC(=O)N2CCNCC2)cc1. The van der Waals surface area contributed by atoms with Crippen LogP contribution >= 0.6 is 15.9 Å². The summed E-state index contributed by atoms with van der Waals surface area (Å²) in [5.41, 5.74) is 1.64. The molecule has 1 aliphatic heterocycles. The molecule has 0 atom stereocenters. The van der Waals surface area contributed by atoms with Crippen molar-refractivity contribution in [3.05, 3.63) is 91.4 Å². The Morgan fingerprint density at radius 3 is 2.53 bits per heavy atom. The minimum atomic E-state index is -0.733. The Bertz CT molecular complexity index is 1290. The fourth-order valence-electron chi connectivity index (χ4n) is 3.78. The Hall–Kier alpha value is -3.31. The van der Waals surface area contributed by atoms with Gasteiger partial charge in [-0.25, -0.2) is 13.6 Å². The second-order valence-corrected chi connectivity index (χ2v) is 9.20.